The van der Waals surface area contributed by atoms with E-state index in [0.717, 1.165) is 5.56 Å². The molecule has 2 aromatic carbocycles. The van der Waals surface area contributed by atoms with E-state index < -0.39 is 11.6 Å². The van der Waals surface area contributed by atoms with Crippen molar-refractivity contribution in [3.8, 4) is 11.5 Å². The molecule has 0 bridgehead atoms. The highest BCUT2D eigenvalue weighted by molar-refractivity contribution is 5.51. The van der Waals surface area contributed by atoms with Crippen molar-refractivity contribution in [2.45, 2.75) is 19.9 Å². The summed E-state index contributed by atoms with van der Waals surface area (Å²) in [4.78, 5) is 0. The Labute approximate surface area is 121 Å². The molecule has 0 radical (unpaired) electrons. The van der Waals surface area contributed by atoms with Gasteiger partial charge in [0.1, 0.15) is 11.6 Å². The smallest absolute Gasteiger partial charge is 0.231 e. The van der Waals surface area contributed by atoms with Crippen LogP contribution in [0.1, 0.15) is 24.1 Å². The maximum atomic E-state index is 13.9. The molecular weight excluding hydrogens is 276 g/mol. The van der Waals surface area contributed by atoms with Gasteiger partial charge in [-0.3, -0.25) is 0 Å². The van der Waals surface area contributed by atoms with E-state index in [0.29, 0.717) is 11.5 Å². The number of aryl methyl sites for hydroxylation is 1. The summed E-state index contributed by atoms with van der Waals surface area (Å²) in [6.45, 7) is 3.61. The molecule has 0 saturated heterocycles. The average Bonchev–Trinajstić information content (AvgIpc) is 2.92. The Morgan fingerprint density at radius 1 is 1.05 bits per heavy atom. The fourth-order valence-corrected chi connectivity index (χ4v) is 2.26. The van der Waals surface area contributed by atoms with Gasteiger partial charge in [-0.15, -0.1) is 0 Å². The van der Waals surface area contributed by atoms with Gasteiger partial charge in [0, 0.05) is 12.1 Å². The number of rotatable bonds is 3. The average molecular weight is 291 g/mol. The summed E-state index contributed by atoms with van der Waals surface area (Å²) in [7, 11) is 0. The van der Waals surface area contributed by atoms with Crippen molar-refractivity contribution in [2.24, 2.45) is 0 Å². The molecule has 1 atom stereocenters. The number of nitrogens with one attached hydrogen (secondary N) is 1. The van der Waals surface area contributed by atoms with Crippen molar-refractivity contribution >= 4 is 5.69 Å². The van der Waals surface area contributed by atoms with Gasteiger partial charge in [-0.05, 0) is 43.2 Å². The fourth-order valence-electron chi connectivity index (χ4n) is 2.26. The lowest BCUT2D eigenvalue weighted by atomic mass is 10.1. The van der Waals surface area contributed by atoms with Crippen LogP contribution in [0, 0.1) is 18.6 Å². The van der Waals surface area contributed by atoms with Crippen molar-refractivity contribution in [2.75, 3.05) is 12.1 Å². The largest absolute Gasteiger partial charge is 0.454 e. The highest BCUT2D eigenvalue weighted by Crippen LogP contribution is 2.35. The summed E-state index contributed by atoms with van der Waals surface area (Å²) in [6.07, 6.45) is 0. The fraction of sp³-hybridized carbons (Fsp3) is 0.250. The number of hydrogen-bond acceptors (Lipinski definition) is 3. The summed E-state index contributed by atoms with van der Waals surface area (Å²) in [6, 6.07) is 7.67. The van der Waals surface area contributed by atoms with Gasteiger partial charge in [0.2, 0.25) is 6.79 Å². The summed E-state index contributed by atoms with van der Waals surface area (Å²) in [5.41, 5.74) is 1.33. The Morgan fingerprint density at radius 2 is 1.81 bits per heavy atom. The third kappa shape index (κ3) is 2.63. The van der Waals surface area contributed by atoms with Crippen molar-refractivity contribution in [3.63, 3.8) is 0 Å². The van der Waals surface area contributed by atoms with Gasteiger partial charge in [0.05, 0.1) is 5.69 Å². The van der Waals surface area contributed by atoms with Crippen LogP contribution in [-0.2, 0) is 0 Å². The van der Waals surface area contributed by atoms with Gasteiger partial charge in [-0.2, -0.15) is 0 Å². The molecule has 1 N–H and O–H groups in total. The Balaban J connectivity index is 1.83. The number of hydrogen-bond donors (Lipinski definition) is 1. The summed E-state index contributed by atoms with van der Waals surface area (Å²) in [5.74, 6) is 0.452. The zero-order valence-electron chi connectivity index (χ0n) is 11.7. The first-order valence-electron chi connectivity index (χ1n) is 6.66. The second-order valence-corrected chi connectivity index (χ2v) is 5.06. The van der Waals surface area contributed by atoms with Crippen LogP contribution >= 0.6 is 0 Å². The Bertz CT molecular complexity index is 688. The van der Waals surface area contributed by atoms with Gasteiger partial charge < -0.3 is 14.8 Å². The maximum Gasteiger partial charge on any atom is 0.231 e. The van der Waals surface area contributed by atoms with Crippen molar-refractivity contribution in [1.29, 1.82) is 0 Å². The summed E-state index contributed by atoms with van der Waals surface area (Å²) < 4.78 is 38.0. The first-order chi connectivity index (χ1) is 10.0. The molecule has 1 unspecified atom stereocenters. The number of benzene rings is 2. The predicted molar refractivity (Wildman–Crippen MR) is 75.7 cm³/mol. The zero-order chi connectivity index (χ0) is 15.0. The van der Waals surface area contributed by atoms with Crippen molar-refractivity contribution < 1.29 is 18.3 Å². The first-order valence-corrected chi connectivity index (χ1v) is 6.66. The van der Waals surface area contributed by atoms with E-state index in [1.54, 1.807) is 0 Å². The van der Waals surface area contributed by atoms with Gasteiger partial charge in [-0.1, -0.05) is 6.07 Å². The third-order valence-corrected chi connectivity index (χ3v) is 3.52. The molecule has 0 aromatic heterocycles. The van der Waals surface area contributed by atoms with Crippen LogP contribution in [0.15, 0.2) is 30.3 Å². The minimum absolute atomic E-state index is 0.142. The minimum Gasteiger partial charge on any atom is -0.454 e. The first kappa shape index (κ1) is 13.7. The van der Waals surface area contributed by atoms with E-state index in [9.17, 15) is 8.78 Å². The third-order valence-electron chi connectivity index (χ3n) is 3.52. The molecular formula is C16H15F2NO2. The van der Waals surface area contributed by atoms with Crippen LogP contribution in [0.3, 0.4) is 0 Å². The van der Waals surface area contributed by atoms with Gasteiger partial charge in [-0.25, -0.2) is 8.78 Å². The molecule has 0 fully saturated rings. The van der Waals surface area contributed by atoms with E-state index in [1.165, 1.54) is 19.1 Å². The lowest BCUT2D eigenvalue weighted by Gasteiger charge is -2.17. The van der Waals surface area contributed by atoms with Crippen LogP contribution < -0.4 is 14.8 Å². The topological polar surface area (TPSA) is 30.5 Å². The molecule has 1 heterocycles. The summed E-state index contributed by atoms with van der Waals surface area (Å²) >= 11 is 0. The number of anilines is 1. The Kier molecular flexibility index (Phi) is 3.41. The Hall–Kier alpha value is -2.30. The van der Waals surface area contributed by atoms with Crippen molar-refractivity contribution in [1.82, 2.24) is 0 Å². The minimum atomic E-state index is -0.471. The second-order valence-electron chi connectivity index (χ2n) is 5.06. The molecule has 0 aliphatic carbocycles. The molecule has 0 saturated carbocycles. The monoisotopic (exact) mass is 291 g/mol. The zero-order valence-corrected chi connectivity index (χ0v) is 11.7. The molecule has 3 rings (SSSR count). The number of halogens is 2. The lowest BCUT2D eigenvalue weighted by Crippen LogP contribution is -2.08. The van der Waals surface area contributed by atoms with E-state index in [2.05, 4.69) is 5.32 Å². The van der Waals surface area contributed by atoms with E-state index in [1.807, 2.05) is 25.1 Å². The lowest BCUT2D eigenvalue weighted by molar-refractivity contribution is 0.174. The molecule has 0 amide bonds. The molecule has 3 nitrogen and oxygen atoms in total. The van der Waals surface area contributed by atoms with Crippen molar-refractivity contribution in [3.05, 3.63) is 53.1 Å². The van der Waals surface area contributed by atoms with Gasteiger partial charge >= 0.3 is 0 Å². The van der Waals surface area contributed by atoms with Crippen LogP contribution in [-0.4, -0.2) is 6.79 Å². The molecule has 1 aliphatic rings. The standard InChI is InChI=1S/C16H15F2NO2/c1-9-5-13(18)14(7-12(9)17)19-10(2)11-3-4-15-16(6-11)21-8-20-15/h3-7,10,19H,8H2,1-2H3. The second kappa shape index (κ2) is 5.24. The molecule has 0 spiro atoms. The van der Waals surface area contributed by atoms with Gasteiger partial charge in [0.15, 0.2) is 11.5 Å². The molecule has 21 heavy (non-hydrogen) atoms. The molecule has 5 heteroatoms. The van der Waals surface area contributed by atoms with Crippen LogP contribution in [0.2, 0.25) is 0 Å². The predicted octanol–water partition coefficient (Wildman–Crippen LogP) is 4.18. The highest BCUT2D eigenvalue weighted by atomic mass is 19.1. The van der Waals surface area contributed by atoms with E-state index >= 15 is 0 Å². The maximum absolute atomic E-state index is 13.9. The molecule has 1 aliphatic heterocycles. The number of ether oxygens (including phenoxy) is 2. The van der Waals surface area contributed by atoms with Crippen LogP contribution in [0.25, 0.3) is 0 Å². The highest BCUT2D eigenvalue weighted by Gasteiger charge is 2.17. The van der Waals surface area contributed by atoms with E-state index in [4.69, 9.17) is 9.47 Å². The SMILES string of the molecule is Cc1cc(F)c(NC(C)c2ccc3c(c2)OCO3)cc1F. The molecule has 110 valence electrons. The van der Waals surface area contributed by atoms with Crippen LogP contribution in [0.5, 0.6) is 11.5 Å². The Morgan fingerprint density at radius 3 is 2.62 bits per heavy atom. The molecule has 2 aromatic rings. The normalized spacial score (nSPS) is 14.1. The van der Waals surface area contributed by atoms with Crippen LogP contribution in [0.4, 0.5) is 14.5 Å². The van der Waals surface area contributed by atoms with Gasteiger partial charge in [0.25, 0.3) is 0 Å². The van der Waals surface area contributed by atoms with E-state index in [-0.39, 0.29) is 24.1 Å². The number of fused-ring (bicyclic) bond motifs is 1. The quantitative estimate of drug-likeness (QED) is 0.920. The summed E-state index contributed by atoms with van der Waals surface area (Å²) in [5, 5.41) is 2.97.